The van der Waals surface area contributed by atoms with Crippen LogP contribution in [0, 0.1) is 6.92 Å². The third-order valence-corrected chi connectivity index (χ3v) is 2.76. The fourth-order valence-electron chi connectivity index (χ4n) is 1.94. The molecule has 4 nitrogen and oxygen atoms in total. The molecule has 90 valence electrons. The van der Waals surface area contributed by atoms with Gasteiger partial charge in [0.25, 0.3) is 0 Å². The van der Waals surface area contributed by atoms with Crippen molar-refractivity contribution < 1.29 is 0 Å². The third-order valence-electron chi connectivity index (χ3n) is 2.76. The molecule has 0 aliphatic heterocycles. The first-order valence-corrected chi connectivity index (χ1v) is 5.89. The van der Waals surface area contributed by atoms with Crippen LogP contribution in [0.15, 0.2) is 24.7 Å². The number of hydrogen-bond acceptors (Lipinski definition) is 3. The number of aryl methyl sites for hydroxylation is 2. The molecule has 0 unspecified atom stereocenters. The summed E-state index contributed by atoms with van der Waals surface area (Å²) in [5, 5.41) is 3.17. The summed E-state index contributed by atoms with van der Waals surface area (Å²) in [5.74, 6) is 1.08. The molecular weight excluding hydrogens is 212 g/mol. The Hall–Kier alpha value is -1.68. The van der Waals surface area contributed by atoms with Crippen LogP contribution in [0.2, 0.25) is 0 Å². The normalized spacial score (nSPS) is 10.8. The maximum absolute atomic E-state index is 4.36. The second-order valence-corrected chi connectivity index (χ2v) is 4.05. The van der Waals surface area contributed by atoms with Crippen molar-refractivity contribution in [3.05, 3.63) is 41.7 Å². The molecular formula is C13H18N4. The van der Waals surface area contributed by atoms with Crippen molar-refractivity contribution in [2.24, 2.45) is 0 Å². The number of imidazole rings is 1. The summed E-state index contributed by atoms with van der Waals surface area (Å²) in [6.45, 7) is 4.93. The monoisotopic (exact) mass is 230 g/mol. The van der Waals surface area contributed by atoms with E-state index in [0.717, 1.165) is 24.5 Å². The molecule has 0 bridgehead atoms. The van der Waals surface area contributed by atoms with E-state index in [2.05, 4.69) is 32.8 Å². The highest BCUT2D eigenvalue weighted by molar-refractivity contribution is 5.41. The lowest BCUT2D eigenvalue weighted by atomic mass is 10.2. The second kappa shape index (κ2) is 5.10. The van der Waals surface area contributed by atoms with Crippen LogP contribution in [0.1, 0.15) is 24.0 Å². The summed E-state index contributed by atoms with van der Waals surface area (Å²) in [5.41, 5.74) is 3.38. The van der Waals surface area contributed by atoms with Gasteiger partial charge in [0, 0.05) is 42.8 Å². The highest BCUT2D eigenvalue weighted by Crippen LogP contribution is 2.17. The summed E-state index contributed by atoms with van der Waals surface area (Å²) in [7, 11) is 1.94. The Morgan fingerprint density at radius 1 is 1.35 bits per heavy atom. The van der Waals surface area contributed by atoms with E-state index >= 15 is 0 Å². The zero-order chi connectivity index (χ0) is 12.3. The van der Waals surface area contributed by atoms with Gasteiger partial charge in [0.05, 0.1) is 5.69 Å². The molecule has 2 rings (SSSR count). The molecule has 0 aliphatic carbocycles. The highest BCUT2D eigenvalue weighted by Gasteiger charge is 2.08. The summed E-state index contributed by atoms with van der Waals surface area (Å²) < 4.78 is 2.14. The van der Waals surface area contributed by atoms with E-state index in [1.165, 1.54) is 11.3 Å². The highest BCUT2D eigenvalue weighted by atomic mass is 15.1. The topological polar surface area (TPSA) is 42.7 Å². The Balaban J connectivity index is 2.52. The van der Waals surface area contributed by atoms with Gasteiger partial charge >= 0.3 is 0 Å². The molecule has 0 radical (unpaired) electrons. The van der Waals surface area contributed by atoms with E-state index in [4.69, 9.17) is 0 Å². The van der Waals surface area contributed by atoms with Crippen molar-refractivity contribution >= 4 is 0 Å². The summed E-state index contributed by atoms with van der Waals surface area (Å²) in [6.07, 6.45) is 6.71. The fourth-order valence-corrected chi connectivity index (χ4v) is 1.94. The molecule has 0 fully saturated rings. The van der Waals surface area contributed by atoms with Gasteiger partial charge in [0.1, 0.15) is 5.82 Å². The van der Waals surface area contributed by atoms with E-state index in [0.29, 0.717) is 0 Å². The van der Waals surface area contributed by atoms with Gasteiger partial charge in [-0.3, -0.25) is 4.98 Å². The third kappa shape index (κ3) is 2.36. The van der Waals surface area contributed by atoms with E-state index in [9.17, 15) is 0 Å². The lowest BCUT2D eigenvalue weighted by molar-refractivity contribution is 0.791. The minimum atomic E-state index is 0.809. The molecule has 0 saturated heterocycles. The van der Waals surface area contributed by atoms with E-state index in [1.54, 1.807) is 0 Å². The number of pyridine rings is 1. The Bertz CT molecular complexity index is 502. The smallest absolute Gasteiger partial charge is 0.112 e. The first-order valence-electron chi connectivity index (χ1n) is 5.89. The zero-order valence-electron chi connectivity index (χ0n) is 10.6. The first-order chi connectivity index (χ1) is 8.26. The molecule has 0 saturated carbocycles. The van der Waals surface area contributed by atoms with Gasteiger partial charge in [0.2, 0.25) is 0 Å². The summed E-state index contributed by atoms with van der Waals surface area (Å²) in [4.78, 5) is 8.71. The number of hydrogen-bond donors (Lipinski definition) is 1. The molecule has 2 aromatic rings. The van der Waals surface area contributed by atoms with E-state index < -0.39 is 0 Å². The van der Waals surface area contributed by atoms with Crippen LogP contribution in [-0.2, 0) is 13.0 Å². The van der Waals surface area contributed by atoms with Crippen LogP contribution in [-0.4, -0.2) is 21.6 Å². The Morgan fingerprint density at radius 2 is 2.18 bits per heavy atom. The van der Waals surface area contributed by atoms with Crippen LogP contribution in [0.3, 0.4) is 0 Å². The molecule has 0 atom stereocenters. The van der Waals surface area contributed by atoms with Gasteiger partial charge in [-0.15, -0.1) is 0 Å². The molecule has 2 heterocycles. The molecule has 2 aromatic heterocycles. The van der Waals surface area contributed by atoms with Gasteiger partial charge in [-0.25, -0.2) is 4.98 Å². The minimum absolute atomic E-state index is 0.809. The quantitative estimate of drug-likeness (QED) is 0.871. The van der Waals surface area contributed by atoms with Gasteiger partial charge in [-0.2, -0.15) is 0 Å². The SMILES string of the molecule is CCc1nccn1-c1cc(C)ncc1CNC. The number of nitrogens with zero attached hydrogens (tertiary/aromatic N) is 3. The second-order valence-electron chi connectivity index (χ2n) is 4.05. The Labute approximate surface area is 102 Å². The fraction of sp³-hybridized carbons (Fsp3) is 0.385. The zero-order valence-corrected chi connectivity index (χ0v) is 10.6. The van der Waals surface area contributed by atoms with Crippen molar-refractivity contribution in [3.8, 4) is 5.69 Å². The predicted molar refractivity (Wildman–Crippen MR) is 68.2 cm³/mol. The molecule has 4 heteroatoms. The lowest BCUT2D eigenvalue weighted by Crippen LogP contribution is -2.11. The molecule has 0 aromatic carbocycles. The molecule has 0 amide bonds. The minimum Gasteiger partial charge on any atom is -0.316 e. The van der Waals surface area contributed by atoms with Gasteiger partial charge in [-0.1, -0.05) is 6.92 Å². The summed E-state index contributed by atoms with van der Waals surface area (Å²) >= 11 is 0. The molecule has 0 aliphatic rings. The number of rotatable bonds is 4. The summed E-state index contributed by atoms with van der Waals surface area (Å²) in [6, 6.07) is 2.10. The lowest BCUT2D eigenvalue weighted by Gasteiger charge is -2.12. The van der Waals surface area contributed by atoms with Crippen LogP contribution in [0.5, 0.6) is 0 Å². The molecule has 17 heavy (non-hydrogen) atoms. The van der Waals surface area contributed by atoms with Gasteiger partial charge in [0.15, 0.2) is 0 Å². The van der Waals surface area contributed by atoms with Crippen LogP contribution in [0.25, 0.3) is 5.69 Å². The number of nitrogens with one attached hydrogen (secondary N) is 1. The van der Waals surface area contributed by atoms with E-state index in [-0.39, 0.29) is 0 Å². The first kappa shape index (κ1) is 11.8. The largest absolute Gasteiger partial charge is 0.316 e. The van der Waals surface area contributed by atoms with Gasteiger partial charge < -0.3 is 9.88 Å². The van der Waals surface area contributed by atoms with Crippen LogP contribution < -0.4 is 5.32 Å². The average Bonchev–Trinajstić information content (AvgIpc) is 2.79. The van der Waals surface area contributed by atoms with E-state index in [1.807, 2.05) is 32.6 Å². The van der Waals surface area contributed by atoms with Crippen LogP contribution in [0.4, 0.5) is 0 Å². The van der Waals surface area contributed by atoms with Crippen molar-refractivity contribution in [1.82, 2.24) is 19.9 Å². The van der Waals surface area contributed by atoms with Crippen molar-refractivity contribution in [2.75, 3.05) is 7.05 Å². The van der Waals surface area contributed by atoms with Crippen molar-refractivity contribution in [3.63, 3.8) is 0 Å². The standard InChI is InChI=1S/C13H18N4/c1-4-13-15-5-6-17(13)12-7-10(2)16-9-11(12)8-14-3/h5-7,9,14H,4,8H2,1-3H3. The average molecular weight is 230 g/mol. The Kier molecular flexibility index (Phi) is 3.54. The predicted octanol–water partition coefficient (Wildman–Crippen LogP) is 1.86. The van der Waals surface area contributed by atoms with Crippen molar-refractivity contribution in [2.45, 2.75) is 26.8 Å². The molecule has 1 N–H and O–H groups in total. The maximum atomic E-state index is 4.36. The maximum Gasteiger partial charge on any atom is 0.112 e. The van der Waals surface area contributed by atoms with Crippen molar-refractivity contribution in [1.29, 1.82) is 0 Å². The van der Waals surface area contributed by atoms with Crippen LogP contribution >= 0.6 is 0 Å². The molecule has 0 spiro atoms. The number of aromatic nitrogens is 3. The van der Waals surface area contributed by atoms with Gasteiger partial charge in [-0.05, 0) is 20.0 Å². The Morgan fingerprint density at radius 3 is 2.88 bits per heavy atom.